The van der Waals surface area contributed by atoms with Crippen LogP contribution in [0.5, 0.6) is 11.5 Å². The van der Waals surface area contributed by atoms with Gasteiger partial charge in [0.1, 0.15) is 0 Å². The van der Waals surface area contributed by atoms with Crippen molar-refractivity contribution in [2.24, 2.45) is 11.0 Å². The van der Waals surface area contributed by atoms with Gasteiger partial charge in [-0.25, -0.2) is 5.43 Å². The van der Waals surface area contributed by atoms with Crippen molar-refractivity contribution in [3.63, 3.8) is 0 Å². The third-order valence-electron chi connectivity index (χ3n) is 3.72. The molecule has 2 aromatic carbocycles. The number of nitrogens with zero attached hydrogens (tertiary/aromatic N) is 1. The van der Waals surface area contributed by atoms with Gasteiger partial charge in [0.05, 0.1) is 6.21 Å². The first-order chi connectivity index (χ1) is 12.5. The number of hydrazone groups is 1. The molecule has 2 amide bonds. The summed E-state index contributed by atoms with van der Waals surface area (Å²) in [5.41, 5.74) is 4.33. The van der Waals surface area contributed by atoms with Crippen LogP contribution in [0.15, 0.2) is 47.6 Å². The van der Waals surface area contributed by atoms with Crippen LogP contribution < -0.4 is 20.2 Å². The molecule has 0 saturated carbocycles. The second-order valence-corrected chi connectivity index (χ2v) is 6.03. The molecule has 2 aromatic rings. The number of carbonyl (C=O) groups is 2. The molecular formula is C19H19N3O4. The van der Waals surface area contributed by atoms with E-state index in [-0.39, 0.29) is 24.5 Å². The van der Waals surface area contributed by atoms with Crippen LogP contribution in [-0.4, -0.2) is 24.8 Å². The van der Waals surface area contributed by atoms with Crippen LogP contribution in [0.2, 0.25) is 0 Å². The van der Waals surface area contributed by atoms with Crippen molar-refractivity contribution >= 4 is 23.7 Å². The topological polar surface area (TPSA) is 89.0 Å². The number of amides is 2. The summed E-state index contributed by atoms with van der Waals surface area (Å²) in [6.45, 7) is 3.84. The van der Waals surface area contributed by atoms with Gasteiger partial charge in [0.25, 0.3) is 5.91 Å². The van der Waals surface area contributed by atoms with Crippen molar-refractivity contribution in [2.45, 2.75) is 13.8 Å². The third kappa shape index (κ3) is 4.18. The lowest BCUT2D eigenvalue weighted by atomic mass is 10.1. The van der Waals surface area contributed by atoms with Crippen LogP contribution in [0.25, 0.3) is 0 Å². The molecule has 0 fully saturated rings. The van der Waals surface area contributed by atoms with Gasteiger partial charge in [0, 0.05) is 17.2 Å². The van der Waals surface area contributed by atoms with Crippen LogP contribution in [0.4, 0.5) is 5.69 Å². The second-order valence-electron chi connectivity index (χ2n) is 6.03. The second kappa shape index (κ2) is 7.69. The van der Waals surface area contributed by atoms with E-state index < -0.39 is 0 Å². The number of ether oxygens (including phenoxy) is 2. The van der Waals surface area contributed by atoms with Crippen LogP contribution in [0.1, 0.15) is 29.8 Å². The van der Waals surface area contributed by atoms with Crippen molar-refractivity contribution in [3.8, 4) is 11.5 Å². The van der Waals surface area contributed by atoms with E-state index in [0.29, 0.717) is 22.7 Å². The Morgan fingerprint density at radius 1 is 1.08 bits per heavy atom. The Morgan fingerprint density at radius 2 is 1.81 bits per heavy atom. The summed E-state index contributed by atoms with van der Waals surface area (Å²) in [6.07, 6.45) is 1.52. The lowest BCUT2D eigenvalue weighted by Crippen LogP contribution is -2.19. The van der Waals surface area contributed by atoms with E-state index in [1.807, 2.05) is 19.9 Å². The fourth-order valence-electron chi connectivity index (χ4n) is 2.21. The van der Waals surface area contributed by atoms with Crippen LogP contribution >= 0.6 is 0 Å². The molecule has 0 unspecified atom stereocenters. The normalized spacial score (nSPS) is 12.4. The maximum atomic E-state index is 12.1. The molecule has 26 heavy (non-hydrogen) atoms. The van der Waals surface area contributed by atoms with Crippen molar-refractivity contribution in [1.82, 2.24) is 5.43 Å². The number of carbonyl (C=O) groups excluding carboxylic acids is 2. The molecule has 1 aliphatic heterocycles. The van der Waals surface area contributed by atoms with E-state index in [9.17, 15) is 9.59 Å². The molecule has 0 atom stereocenters. The molecule has 7 heteroatoms. The summed E-state index contributed by atoms with van der Waals surface area (Å²) in [5, 5.41) is 6.72. The Kier molecular flexibility index (Phi) is 5.17. The Hall–Kier alpha value is -3.35. The zero-order valence-electron chi connectivity index (χ0n) is 14.5. The molecular weight excluding hydrogens is 334 g/mol. The smallest absolute Gasteiger partial charge is 0.271 e. The van der Waals surface area contributed by atoms with Gasteiger partial charge in [0.15, 0.2) is 11.5 Å². The van der Waals surface area contributed by atoms with E-state index >= 15 is 0 Å². The summed E-state index contributed by atoms with van der Waals surface area (Å²) in [6, 6.07) is 12.0. The lowest BCUT2D eigenvalue weighted by molar-refractivity contribution is -0.118. The maximum absolute atomic E-state index is 12.1. The Morgan fingerprint density at radius 3 is 2.54 bits per heavy atom. The number of hydrogen-bond donors (Lipinski definition) is 2. The minimum atomic E-state index is -0.344. The number of anilines is 1. The fraction of sp³-hybridized carbons (Fsp3) is 0.211. The largest absolute Gasteiger partial charge is 0.454 e. The Balaban J connectivity index is 1.57. The Labute approximate surface area is 151 Å². The number of nitrogens with one attached hydrogen (secondary N) is 2. The molecule has 134 valence electrons. The minimum absolute atomic E-state index is 0.0736. The molecule has 0 aliphatic carbocycles. The van der Waals surface area contributed by atoms with Gasteiger partial charge in [-0.15, -0.1) is 0 Å². The van der Waals surface area contributed by atoms with Crippen molar-refractivity contribution < 1.29 is 19.1 Å². The lowest BCUT2D eigenvalue weighted by Gasteiger charge is -2.08. The quantitative estimate of drug-likeness (QED) is 0.639. The molecule has 0 saturated heterocycles. The van der Waals surface area contributed by atoms with Crippen LogP contribution in [0, 0.1) is 5.92 Å². The number of fused-ring (bicyclic) bond motifs is 1. The van der Waals surface area contributed by atoms with Gasteiger partial charge in [-0.2, -0.15) is 5.10 Å². The van der Waals surface area contributed by atoms with Crippen LogP contribution in [0.3, 0.4) is 0 Å². The highest BCUT2D eigenvalue weighted by Crippen LogP contribution is 2.31. The monoisotopic (exact) mass is 353 g/mol. The molecule has 0 aromatic heterocycles. The highest BCUT2D eigenvalue weighted by molar-refractivity contribution is 5.96. The van der Waals surface area contributed by atoms with E-state index in [0.717, 1.165) is 5.56 Å². The summed E-state index contributed by atoms with van der Waals surface area (Å²) in [5.74, 6) is 0.817. The average Bonchev–Trinajstić information content (AvgIpc) is 3.10. The zero-order chi connectivity index (χ0) is 18.5. The Bertz CT molecular complexity index is 844. The van der Waals surface area contributed by atoms with Crippen molar-refractivity contribution in [1.29, 1.82) is 0 Å². The molecule has 1 heterocycles. The van der Waals surface area contributed by atoms with E-state index in [1.54, 1.807) is 36.4 Å². The van der Waals surface area contributed by atoms with E-state index in [4.69, 9.17) is 9.47 Å². The fourth-order valence-corrected chi connectivity index (χ4v) is 2.21. The standard InChI is InChI=1S/C19H19N3O4/c1-12(2)18(23)21-15-6-4-14(5-7-15)19(24)22-20-10-13-3-8-16-17(9-13)26-11-25-16/h3-10,12H,11H2,1-2H3,(H,21,23)(H,22,24)/b20-10-. The first-order valence-corrected chi connectivity index (χ1v) is 8.17. The number of hydrogen-bond acceptors (Lipinski definition) is 5. The van der Waals surface area contributed by atoms with Gasteiger partial charge in [0.2, 0.25) is 12.7 Å². The molecule has 0 bridgehead atoms. The van der Waals surface area contributed by atoms with E-state index in [2.05, 4.69) is 15.8 Å². The van der Waals surface area contributed by atoms with Gasteiger partial charge in [-0.1, -0.05) is 13.8 Å². The van der Waals surface area contributed by atoms with E-state index in [1.165, 1.54) is 6.21 Å². The molecule has 0 radical (unpaired) electrons. The molecule has 7 nitrogen and oxygen atoms in total. The maximum Gasteiger partial charge on any atom is 0.271 e. The molecule has 1 aliphatic rings. The summed E-state index contributed by atoms with van der Waals surface area (Å²) >= 11 is 0. The average molecular weight is 353 g/mol. The number of benzene rings is 2. The van der Waals surface area contributed by atoms with Crippen LogP contribution in [-0.2, 0) is 4.79 Å². The van der Waals surface area contributed by atoms with Gasteiger partial charge in [-0.3, -0.25) is 9.59 Å². The van der Waals surface area contributed by atoms with Crippen molar-refractivity contribution in [2.75, 3.05) is 12.1 Å². The first kappa shape index (κ1) is 17.5. The van der Waals surface area contributed by atoms with Gasteiger partial charge in [-0.05, 0) is 48.0 Å². The predicted molar refractivity (Wildman–Crippen MR) is 97.5 cm³/mol. The van der Waals surface area contributed by atoms with Crippen molar-refractivity contribution in [3.05, 3.63) is 53.6 Å². The summed E-state index contributed by atoms with van der Waals surface area (Å²) in [7, 11) is 0. The minimum Gasteiger partial charge on any atom is -0.454 e. The molecule has 0 spiro atoms. The third-order valence-corrected chi connectivity index (χ3v) is 3.72. The SMILES string of the molecule is CC(C)C(=O)Nc1ccc(C(=O)N/N=C\c2ccc3c(c2)OCO3)cc1. The highest BCUT2D eigenvalue weighted by Gasteiger charge is 2.12. The van der Waals surface area contributed by atoms with Gasteiger partial charge >= 0.3 is 0 Å². The predicted octanol–water partition coefficient (Wildman–Crippen LogP) is 2.77. The zero-order valence-corrected chi connectivity index (χ0v) is 14.5. The van der Waals surface area contributed by atoms with Gasteiger partial charge < -0.3 is 14.8 Å². The highest BCUT2D eigenvalue weighted by atomic mass is 16.7. The molecule has 3 rings (SSSR count). The first-order valence-electron chi connectivity index (χ1n) is 8.17. The summed E-state index contributed by atoms with van der Waals surface area (Å²) in [4.78, 5) is 23.8. The summed E-state index contributed by atoms with van der Waals surface area (Å²) < 4.78 is 10.5. The molecule has 2 N–H and O–H groups in total. The number of rotatable bonds is 5.